The standard InChI is InChI=1S/C41H75O13P/c1-4-5-15-21-33(43)25-26-37-36(38(45)27-39(37)46)22-18-19-23-40(47)51-30-35(31-53-55(49,50)52-29-34(44)28-42)54-41(48)24-17-14-12-10-8-6-7-9-11-13-16-20-32(2)3/h18-19,25-26,32-39,42-46H,4-17,20-24,27-31H2,1-3H3,(H,49,50)/b19-18-,26-25+/t33-,34+,35-,36+,37-,38+,39-/m1/s1. The lowest BCUT2D eigenvalue weighted by Crippen LogP contribution is -2.29. The van der Waals surface area contributed by atoms with E-state index in [4.69, 9.17) is 19.1 Å². The number of ether oxygens (including phenoxy) is 2. The monoisotopic (exact) mass is 806 g/mol. The van der Waals surface area contributed by atoms with Crippen molar-refractivity contribution < 1.29 is 63.1 Å². The van der Waals surface area contributed by atoms with Crippen molar-refractivity contribution in [3.05, 3.63) is 24.3 Å². The molecule has 0 radical (unpaired) electrons. The number of hydrogen-bond donors (Lipinski definition) is 6. The van der Waals surface area contributed by atoms with Crippen LogP contribution in [-0.4, -0.2) is 99.3 Å². The van der Waals surface area contributed by atoms with Gasteiger partial charge in [0.15, 0.2) is 6.10 Å². The van der Waals surface area contributed by atoms with Crippen LogP contribution >= 0.6 is 7.82 Å². The Morgan fingerprint density at radius 3 is 2.00 bits per heavy atom. The number of phosphoric ester groups is 1. The second-order valence-electron chi connectivity index (χ2n) is 15.5. The maximum Gasteiger partial charge on any atom is 0.472 e. The van der Waals surface area contributed by atoms with Crippen LogP contribution in [0, 0.1) is 17.8 Å². The molecule has 55 heavy (non-hydrogen) atoms. The molecular weight excluding hydrogens is 731 g/mol. The van der Waals surface area contributed by atoms with Gasteiger partial charge in [-0.1, -0.05) is 135 Å². The first-order chi connectivity index (χ1) is 26.3. The SMILES string of the molecule is CCCCC[C@@H](O)/C=C/[C@@H]1[C@H](C/C=C\CC(=O)OC[C@H](COP(=O)(O)OC[C@@H](O)CO)OC(=O)CCCCCCCCCCCCCC(C)C)[C@@H](O)C[C@H]1O. The molecule has 8 atom stereocenters. The minimum Gasteiger partial charge on any atom is -0.461 e. The van der Waals surface area contributed by atoms with Gasteiger partial charge in [0.05, 0.1) is 44.6 Å². The van der Waals surface area contributed by atoms with Gasteiger partial charge in [-0.15, -0.1) is 0 Å². The summed E-state index contributed by atoms with van der Waals surface area (Å²) in [7, 11) is -4.69. The molecule has 1 fully saturated rings. The summed E-state index contributed by atoms with van der Waals surface area (Å²) in [5, 5.41) is 49.6. The molecule has 0 aromatic rings. The molecule has 0 amide bonds. The minimum absolute atomic E-state index is 0.120. The van der Waals surface area contributed by atoms with Gasteiger partial charge in [0.1, 0.15) is 12.7 Å². The van der Waals surface area contributed by atoms with E-state index in [0.29, 0.717) is 19.3 Å². The number of rotatable bonds is 34. The third kappa shape index (κ3) is 26.8. The van der Waals surface area contributed by atoms with E-state index in [9.17, 15) is 39.5 Å². The Bertz CT molecular complexity index is 1100. The Hall–Kier alpha value is -1.67. The predicted octanol–water partition coefficient (Wildman–Crippen LogP) is 6.85. The molecule has 14 heteroatoms. The third-order valence-corrected chi connectivity index (χ3v) is 10.8. The van der Waals surface area contributed by atoms with Crippen LogP contribution in [-0.2, 0) is 32.7 Å². The smallest absolute Gasteiger partial charge is 0.461 e. The van der Waals surface area contributed by atoms with Gasteiger partial charge in [0.25, 0.3) is 0 Å². The van der Waals surface area contributed by atoms with Gasteiger partial charge in [-0.05, 0) is 31.1 Å². The van der Waals surface area contributed by atoms with Crippen LogP contribution in [0.25, 0.3) is 0 Å². The zero-order valence-corrected chi connectivity index (χ0v) is 34.8. The van der Waals surface area contributed by atoms with E-state index < -0.39 is 76.7 Å². The van der Waals surface area contributed by atoms with Crippen molar-refractivity contribution in [3.8, 4) is 0 Å². The molecule has 1 aliphatic rings. The second kappa shape index (κ2) is 31.3. The topological polar surface area (TPSA) is 210 Å². The van der Waals surface area contributed by atoms with E-state index >= 15 is 0 Å². The molecule has 322 valence electrons. The fourth-order valence-corrected chi connectivity index (χ4v) is 7.35. The highest BCUT2D eigenvalue weighted by Crippen LogP contribution is 2.43. The van der Waals surface area contributed by atoms with Crippen LogP contribution in [0.3, 0.4) is 0 Å². The van der Waals surface area contributed by atoms with Crippen LogP contribution in [0.15, 0.2) is 24.3 Å². The third-order valence-electron chi connectivity index (χ3n) is 9.89. The summed E-state index contributed by atoms with van der Waals surface area (Å²) < 4.78 is 32.6. The van der Waals surface area contributed by atoms with Gasteiger partial charge in [-0.25, -0.2) is 4.57 Å². The van der Waals surface area contributed by atoms with Gasteiger partial charge in [0.2, 0.25) is 0 Å². The molecule has 1 unspecified atom stereocenters. The van der Waals surface area contributed by atoms with Gasteiger partial charge >= 0.3 is 19.8 Å². The number of carbonyl (C=O) groups excluding carboxylic acids is 2. The average molecular weight is 807 g/mol. The Kier molecular flexibility index (Phi) is 29.3. The van der Waals surface area contributed by atoms with E-state index in [-0.39, 0.29) is 31.1 Å². The predicted molar refractivity (Wildman–Crippen MR) is 212 cm³/mol. The average Bonchev–Trinajstić information content (AvgIpc) is 3.41. The van der Waals surface area contributed by atoms with Crippen molar-refractivity contribution in [3.63, 3.8) is 0 Å². The molecule has 0 aromatic heterocycles. The van der Waals surface area contributed by atoms with Crippen LogP contribution in [0.1, 0.15) is 149 Å². The zero-order valence-electron chi connectivity index (χ0n) is 33.9. The highest BCUT2D eigenvalue weighted by molar-refractivity contribution is 7.47. The first-order valence-corrected chi connectivity index (χ1v) is 22.4. The van der Waals surface area contributed by atoms with Crippen LogP contribution in [0.4, 0.5) is 0 Å². The van der Waals surface area contributed by atoms with E-state index in [1.807, 2.05) is 0 Å². The highest BCUT2D eigenvalue weighted by Gasteiger charge is 2.39. The summed E-state index contributed by atoms with van der Waals surface area (Å²) in [5.41, 5.74) is 0. The molecule has 6 N–H and O–H groups in total. The van der Waals surface area contributed by atoms with Gasteiger partial charge < -0.3 is 39.9 Å². The van der Waals surface area contributed by atoms with Crippen molar-refractivity contribution in [2.24, 2.45) is 17.8 Å². The fraction of sp³-hybridized carbons (Fsp3) is 0.854. The zero-order chi connectivity index (χ0) is 40.9. The number of phosphoric acid groups is 1. The molecule has 0 spiro atoms. The summed E-state index contributed by atoms with van der Waals surface area (Å²) in [4.78, 5) is 35.2. The second-order valence-corrected chi connectivity index (χ2v) is 16.9. The molecule has 1 aliphatic carbocycles. The largest absolute Gasteiger partial charge is 0.472 e. The molecule has 13 nitrogen and oxygen atoms in total. The summed E-state index contributed by atoms with van der Waals surface area (Å²) in [6.07, 6.45) is 20.0. The number of unbranched alkanes of at least 4 members (excludes halogenated alkanes) is 12. The molecule has 0 saturated heterocycles. The maximum absolute atomic E-state index is 12.6. The molecule has 1 saturated carbocycles. The quantitative estimate of drug-likeness (QED) is 0.0170. The van der Waals surface area contributed by atoms with Crippen LogP contribution < -0.4 is 0 Å². The highest BCUT2D eigenvalue weighted by atomic mass is 31.2. The molecule has 0 aromatic carbocycles. The number of aliphatic hydroxyl groups excluding tert-OH is 5. The number of esters is 2. The van der Waals surface area contributed by atoms with Crippen LogP contribution in [0.5, 0.6) is 0 Å². The van der Waals surface area contributed by atoms with E-state index in [0.717, 1.165) is 44.4 Å². The van der Waals surface area contributed by atoms with E-state index in [2.05, 4.69) is 25.3 Å². The lowest BCUT2D eigenvalue weighted by molar-refractivity contribution is -0.160. The number of aliphatic hydroxyl groups is 5. The molecule has 0 bridgehead atoms. The van der Waals surface area contributed by atoms with Gasteiger partial charge in [0, 0.05) is 18.8 Å². The lowest BCUT2D eigenvalue weighted by Gasteiger charge is -2.20. The van der Waals surface area contributed by atoms with Crippen molar-refractivity contribution in [1.29, 1.82) is 0 Å². The van der Waals surface area contributed by atoms with E-state index in [1.54, 1.807) is 24.3 Å². The normalized spacial score (nSPS) is 21.6. The molecule has 0 heterocycles. The molecule has 1 rings (SSSR count). The number of carbonyl (C=O) groups is 2. The van der Waals surface area contributed by atoms with Gasteiger partial charge in [-0.3, -0.25) is 18.6 Å². The lowest BCUT2D eigenvalue weighted by atomic mass is 9.89. The van der Waals surface area contributed by atoms with Crippen molar-refractivity contribution in [1.82, 2.24) is 0 Å². The minimum atomic E-state index is -4.69. The van der Waals surface area contributed by atoms with Crippen molar-refractivity contribution in [2.75, 3.05) is 26.4 Å². The summed E-state index contributed by atoms with van der Waals surface area (Å²) in [5.74, 6) is -1.08. The first kappa shape index (κ1) is 51.3. The summed E-state index contributed by atoms with van der Waals surface area (Å²) in [6, 6.07) is 0. The number of allylic oxidation sites excluding steroid dienone is 1. The van der Waals surface area contributed by atoms with Gasteiger partial charge in [-0.2, -0.15) is 0 Å². The maximum atomic E-state index is 12.6. The Labute approximate surface area is 330 Å². The first-order valence-electron chi connectivity index (χ1n) is 20.9. The Morgan fingerprint density at radius 2 is 1.38 bits per heavy atom. The fourth-order valence-electron chi connectivity index (χ4n) is 6.56. The van der Waals surface area contributed by atoms with Crippen molar-refractivity contribution >= 4 is 19.8 Å². The number of hydrogen-bond acceptors (Lipinski definition) is 12. The summed E-state index contributed by atoms with van der Waals surface area (Å²) >= 11 is 0. The Balaban J connectivity index is 2.54. The summed E-state index contributed by atoms with van der Waals surface area (Å²) in [6.45, 7) is 4.20. The van der Waals surface area contributed by atoms with Crippen molar-refractivity contribution in [2.45, 2.75) is 180 Å². The van der Waals surface area contributed by atoms with E-state index in [1.165, 1.54) is 51.4 Å². The van der Waals surface area contributed by atoms with Crippen LogP contribution in [0.2, 0.25) is 0 Å². The molecule has 0 aliphatic heterocycles. The Morgan fingerprint density at radius 1 is 0.782 bits per heavy atom. The molecular formula is C41H75O13P.